The van der Waals surface area contributed by atoms with Gasteiger partial charge in [0.25, 0.3) is 0 Å². The molecule has 0 unspecified atom stereocenters. The normalized spacial score (nSPS) is 11.7. The quantitative estimate of drug-likeness (QED) is 0.283. The molecule has 0 radical (unpaired) electrons. The topological polar surface area (TPSA) is 28.0 Å². The first-order valence-electron chi connectivity index (χ1n) is 9.27. The summed E-state index contributed by atoms with van der Waals surface area (Å²) in [7, 11) is 4.03. The molecule has 0 heterocycles. The Kier molecular flexibility index (Phi) is 5.67. The summed E-state index contributed by atoms with van der Waals surface area (Å²) in [5.74, 6) is 0. The van der Waals surface area contributed by atoms with Crippen LogP contribution in [0.2, 0.25) is 0 Å². The number of aryl methyl sites for hydroxylation is 1. The van der Waals surface area contributed by atoms with E-state index in [-0.39, 0.29) is 0 Å². The Morgan fingerprint density at radius 1 is 0.778 bits per heavy atom. The zero-order chi connectivity index (χ0) is 19.3. The van der Waals surface area contributed by atoms with E-state index in [1.165, 1.54) is 11.3 Å². The predicted molar refractivity (Wildman–Crippen MR) is 115 cm³/mol. The zero-order valence-electron chi connectivity index (χ0n) is 16.5. The highest BCUT2D eigenvalue weighted by Gasteiger charge is 2.18. The highest BCUT2D eigenvalue weighted by Crippen LogP contribution is 2.28. The van der Waals surface area contributed by atoms with Crippen LogP contribution in [0.25, 0.3) is 0 Å². The van der Waals surface area contributed by atoms with Crippen LogP contribution in [0.4, 0.5) is 22.7 Å². The fourth-order valence-electron chi connectivity index (χ4n) is 2.95. The van der Waals surface area contributed by atoms with E-state index in [2.05, 4.69) is 77.6 Å². The maximum absolute atomic E-state index is 4.51. The lowest BCUT2D eigenvalue weighted by Gasteiger charge is -2.23. The minimum atomic E-state index is 0.354. The molecule has 0 atom stereocenters. The van der Waals surface area contributed by atoms with Crippen molar-refractivity contribution in [3.05, 3.63) is 84.4 Å². The second-order valence-electron chi connectivity index (χ2n) is 7.02. The van der Waals surface area contributed by atoms with Crippen molar-refractivity contribution in [2.24, 2.45) is 10.3 Å². The molecule has 0 aliphatic heterocycles. The van der Waals surface area contributed by atoms with Gasteiger partial charge in [0.15, 0.2) is 5.69 Å². The summed E-state index contributed by atoms with van der Waals surface area (Å²) in [6.07, 6.45) is 0. The van der Waals surface area contributed by atoms with Crippen LogP contribution < -0.4 is 9.49 Å². The summed E-state index contributed by atoms with van der Waals surface area (Å²) in [5.41, 5.74) is 5.55. The van der Waals surface area contributed by atoms with E-state index >= 15 is 0 Å². The van der Waals surface area contributed by atoms with Gasteiger partial charge in [-0.05, 0) is 50.2 Å². The highest BCUT2D eigenvalue weighted by molar-refractivity contribution is 5.65. The first kappa shape index (κ1) is 18.8. The van der Waals surface area contributed by atoms with Gasteiger partial charge < -0.3 is 4.90 Å². The molecule has 0 fully saturated rings. The number of para-hydroxylation sites is 1. The van der Waals surface area contributed by atoms with E-state index in [0.29, 0.717) is 4.59 Å². The van der Waals surface area contributed by atoms with Gasteiger partial charge in [-0.15, -0.1) is 5.11 Å². The van der Waals surface area contributed by atoms with Crippen molar-refractivity contribution in [3.63, 3.8) is 0 Å². The molecule has 0 aliphatic rings. The molecule has 27 heavy (non-hydrogen) atoms. The van der Waals surface area contributed by atoms with Gasteiger partial charge >= 0.3 is 0 Å². The SMILES string of the molecule is CCN(c1ccc(C)cc1)c1ccc(N=N[N+](C)(C)c2ccccc2)cc1. The van der Waals surface area contributed by atoms with Crippen LogP contribution in [0.3, 0.4) is 0 Å². The molecule has 0 spiro atoms. The lowest BCUT2D eigenvalue weighted by Crippen LogP contribution is -2.32. The predicted octanol–water partition coefficient (Wildman–Crippen LogP) is 6.42. The van der Waals surface area contributed by atoms with Crippen molar-refractivity contribution < 1.29 is 0 Å². The number of rotatable bonds is 6. The third-order valence-electron chi connectivity index (χ3n) is 4.60. The van der Waals surface area contributed by atoms with E-state index in [1.807, 2.05) is 44.4 Å². The fourth-order valence-corrected chi connectivity index (χ4v) is 2.95. The zero-order valence-corrected chi connectivity index (χ0v) is 16.5. The number of anilines is 2. The Morgan fingerprint density at radius 3 is 1.89 bits per heavy atom. The standard InChI is InChI=1S/C23H27N4/c1-5-26(21-15-11-19(2)12-16-21)22-17-13-20(14-18-22)24-25-27(3,4)23-9-7-6-8-10-23/h6-18H,5H2,1-4H3/q+1. The molecule has 0 amide bonds. The minimum absolute atomic E-state index is 0.354. The molecule has 0 bridgehead atoms. The van der Waals surface area contributed by atoms with Gasteiger partial charge in [0.05, 0.1) is 19.8 Å². The maximum Gasteiger partial charge on any atom is 0.160 e. The van der Waals surface area contributed by atoms with Crippen LogP contribution in [0.1, 0.15) is 12.5 Å². The molecule has 0 aliphatic carbocycles. The highest BCUT2D eigenvalue weighted by atomic mass is 15.7. The molecule has 4 nitrogen and oxygen atoms in total. The Labute approximate surface area is 162 Å². The summed E-state index contributed by atoms with van der Waals surface area (Å²) in [6, 6.07) is 27.0. The van der Waals surface area contributed by atoms with Gasteiger partial charge in [-0.3, -0.25) is 0 Å². The number of hydrogen-bond donors (Lipinski definition) is 0. The molecular formula is C23H27N4+. The van der Waals surface area contributed by atoms with Gasteiger partial charge in [-0.2, -0.15) is 4.59 Å². The van der Waals surface area contributed by atoms with E-state index < -0.39 is 0 Å². The molecule has 138 valence electrons. The van der Waals surface area contributed by atoms with Crippen LogP contribution in [-0.2, 0) is 0 Å². The molecule has 0 N–H and O–H groups in total. The number of nitrogens with zero attached hydrogens (tertiary/aromatic N) is 4. The Bertz CT molecular complexity index is 882. The Morgan fingerprint density at radius 2 is 1.33 bits per heavy atom. The smallest absolute Gasteiger partial charge is 0.160 e. The maximum atomic E-state index is 4.51. The van der Waals surface area contributed by atoms with Crippen molar-refractivity contribution in [1.82, 2.24) is 4.59 Å². The molecule has 3 aromatic rings. The monoisotopic (exact) mass is 359 g/mol. The summed E-state index contributed by atoms with van der Waals surface area (Å²) < 4.78 is 0.354. The largest absolute Gasteiger partial charge is 0.342 e. The third kappa shape index (κ3) is 4.60. The summed E-state index contributed by atoms with van der Waals surface area (Å²) in [5, 5.41) is 8.95. The fraction of sp³-hybridized carbons (Fsp3) is 0.217. The van der Waals surface area contributed by atoms with Gasteiger partial charge in [0, 0.05) is 35.3 Å². The molecule has 3 aromatic carbocycles. The number of benzene rings is 3. The number of hydrogen-bond acceptors (Lipinski definition) is 3. The van der Waals surface area contributed by atoms with Gasteiger partial charge in [0.2, 0.25) is 0 Å². The van der Waals surface area contributed by atoms with Crippen LogP contribution in [0.5, 0.6) is 0 Å². The van der Waals surface area contributed by atoms with Crippen molar-refractivity contribution in [3.8, 4) is 0 Å². The number of quaternary nitrogens is 1. The van der Waals surface area contributed by atoms with Crippen LogP contribution in [0.15, 0.2) is 89.2 Å². The molecular weight excluding hydrogens is 332 g/mol. The minimum Gasteiger partial charge on any atom is -0.342 e. The second kappa shape index (κ2) is 8.14. The molecule has 0 saturated heterocycles. The van der Waals surface area contributed by atoms with Crippen molar-refractivity contribution in [2.75, 3.05) is 25.5 Å². The molecule has 4 heteroatoms. The van der Waals surface area contributed by atoms with Gasteiger partial charge in [-0.25, -0.2) is 0 Å². The van der Waals surface area contributed by atoms with Crippen molar-refractivity contribution in [1.29, 1.82) is 0 Å². The third-order valence-corrected chi connectivity index (χ3v) is 4.60. The average molecular weight is 359 g/mol. The van der Waals surface area contributed by atoms with Gasteiger partial charge in [-0.1, -0.05) is 35.9 Å². The second-order valence-corrected chi connectivity index (χ2v) is 7.02. The van der Waals surface area contributed by atoms with E-state index in [4.69, 9.17) is 0 Å². The van der Waals surface area contributed by atoms with E-state index in [1.54, 1.807) is 0 Å². The van der Waals surface area contributed by atoms with Crippen LogP contribution in [-0.4, -0.2) is 20.6 Å². The Hall–Kier alpha value is -2.98. The lowest BCUT2D eigenvalue weighted by atomic mass is 10.2. The summed E-state index contributed by atoms with van der Waals surface area (Å²) in [6.45, 7) is 5.17. The van der Waals surface area contributed by atoms with Gasteiger partial charge in [0.1, 0.15) is 0 Å². The van der Waals surface area contributed by atoms with Crippen molar-refractivity contribution >= 4 is 22.7 Å². The van der Waals surface area contributed by atoms with Crippen LogP contribution >= 0.6 is 0 Å². The van der Waals surface area contributed by atoms with Crippen LogP contribution in [0, 0.1) is 6.92 Å². The summed E-state index contributed by atoms with van der Waals surface area (Å²) >= 11 is 0. The first-order chi connectivity index (χ1) is 13.0. The molecule has 3 rings (SSSR count). The molecule has 0 aromatic heterocycles. The Balaban J connectivity index is 1.77. The van der Waals surface area contributed by atoms with E-state index in [0.717, 1.165) is 23.6 Å². The van der Waals surface area contributed by atoms with Crippen molar-refractivity contribution in [2.45, 2.75) is 13.8 Å². The first-order valence-corrected chi connectivity index (χ1v) is 9.27. The van der Waals surface area contributed by atoms with E-state index in [9.17, 15) is 0 Å². The summed E-state index contributed by atoms with van der Waals surface area (Å²) in [4.78, 5) is 2.28. The average Bonchev–Trinajstić information content (AvgIpc) is 2.70. The molecule has 0 saturated carbocycles. The lowest BCUT2D eigenvalue weighted by molar-refractivity contribution is 0.397.